The topological polar surface area (TPSA) is 88.6 Å². The highest BCUT2D eigenvalue weighted by Crippen LogP contribution is 2.35. The number of hydrogen-bond acceptors (Lipinski definition) is 5. The van der Waals surface area contributed by atoms with Crippen LogP contribution in [0.3, 0.4) is 0 Å². The maximum Gasteiger partial charge on any atom is 0.416 e. The van der Waals surface area contributed by atoms with Crippen molar-refractivity contribution >= 4 is 29.1 Å². The van der Waals surface area contributed by atoms with Gasteiger partial charge in [-0.15, -0.1) is 0 Å². The molecule has 40 heavy (non-hydrogen) atoms. The number of Topliss-reactive ketones (excluding diaryl/α,β-unsaturated/α-hetero) is 1. The van der Waals surface area contributed by atoms with Gasteiger partial charge in [-0.1, -0.05) is 6.07 Å². The molecule has 1 saturated heterocycles. The van der Waals surface area contributed by atoms with Gasteiger partial charge in [0, 0.05) is 49.7 Å². The summed E-state index contributed by atoms with van der Waals surface area (Å²) in [6.45, 7) is 0.317. The lowest BCUT2D eigenvalue weighted by Crippen LogP contribution is -2.24. The van der Waals surface area contributed by atoms with Crippen LogP contribution in [-0.2, 0) is 33.4 Å². The van der Waals surface area contributed by atoms with Crippen LogP contribution in [-0.4, -0.2) is 29.1 Å². The van der Waals surface area contributed by atoms with Gasteiger partial charge >= 0.3 is 6.18 Å². The largest absolute Gasteiger partial charge is 0.454 e. The van der Waals surface area contributed by atoms with Crippen molar-refractivity contribution in [2.24, 2.45) is 5.92 Å². The van der Waals surface area contributed by atoms with Gasteiger partial charge in [0.1, 0.15) is 17.4 Å². The van der Waals surface area contributed by atoms with E-state index in [0.717, 1.165) is 31.0 Å². The third-order valence-electron chi connectivity index (χ3n) is 6.65. The molecule has 2 amide bonds. The second-order valence-corrected chi connectivity index (χ2v) is 9.93. The van der Waals surface area contributed by atoms with Crippen molar-refractivity contribution in [1.82, 2.24) is 4.98 Å². The van der Waals surface area contributed by atoms with Crippen molar-refractivity contribution in [3.8, 4) is 11.5 Å². The Morgan fingerprint density at radius 1 is 1.02 bits per heavy atom. The average molecular weight is 556 g/mol. The predicted molar refractivity (Wildman–Crippen MR) is 138 cm³/mol. The quantitative estimate of drug-likeness (QED) is 0.334. The molecule has 0 bridgehead atoms. The molecule has 208 valence electrons. The maximum atomic E-state index is 14.8. The fourth-order valence-corrected chi connectivity index (χ4v) is 4.52. The van der Waals surface area contributed by atoms with Crippen LogP contribution in [0.15, 0.2) is 54.7 Å². The van der Waals surface area contributed by atoms with E-state index < -0.39 is 23.3 Å². The molecule has 3 aromatic rings. The van der Waals surface area contributed by atoms with Crippen molar-refractivity contribution in [3.05, 3.63) is 77.2 Å². The monoisotopic (exact) mass is 555 g/mol. The number of rotatable bonds is 9. The number of nitrogens with one attached hydrogen (secondary N) is 1. The Morgan fingerprint density at radius 2 is 1.80 bits per heavy atom. The molecule has 1 aliphatic carbocycles. The van der Waals surface area contributed by atoms with E-state index in [2.05, 4.69) is 10.3 Å². The van der Waals surface area contributed by atoms with Gasteiger partial charge in [-0.05, 0) is 66.8 Å². The van der Waals surface area contributed by atoms with Crippen molar-refractivity contribution in [2.45, 2.75) is 44.7 Å². The summed E-state index contributed by atoms with van der Waals surface area (Å²) in [5.74, 6) is -1.14. The predicted octanol–water partition coefficient (Wildman–Crippen LogP) is 5.86. The minimum Gasteiger partial charge on any atom is -0.454 e. The number of ketones is 1. The second kappa shape index (κ2) is 11.1. The maximum absolute atomic E-state index is 14.8. The fraction of sp³-hybridized carbons (Fsp3) is 0.310. The van der Waals surface area contributed by atoms with Gasteiger partial charge in [0.2, 0.25) is 11.8 Å². The smallest absolute Gasteiger partial charge is 0.416 e. The van der Waals surface area contributed by atoms with E-state index in [1.807, 2.05) is 0 Å². The number of ether oxygens (including phenoxy) is 1. The first-order chi connectivity index (χ1) is 19.0. The van der Waals surface area contributed by atoms with Gasteiger partial charge in [-0.3, -0.25) is 14.4 Å². The zero-order valence-corrected chi connectivity index (χ0v) is 21.3. The lowest BCUT2D eigenvalue weighted by molar-refractivity contribution is -0.137. The molecule has 0 unspecified atom stereocenters. The molecule has 7 nitrogen and oxygen atoms in total. The van der Waals surface area contributed by atoms with Crippen LogP contribution in [0.4, 0.5) is 29.1 Å². The minimum absolute atomic E-state index is 0.0102. The summed E-state index contributed by atoms with van der Waals surface area (Å²) >= 11 is 0. The molecule has 0 radical (unpaired) electrons. The fourth-order valence-electron chi connectivity index (χ4n) is 4.52. The SMILES string of the molecule is O=C(Cc1cc(N2CCCC2=O)cc(C(F)(F)F)c1)Cc1ccc(Oc2ccnc(NC(=O)C3CC3)c2)c(F)c1. The summed E-state index contributed by atoms with van der Waals surface area (Å²) in [5.41, 5.74) is -0.383. The standard InChI is InChI=1S/C29H25F4N3O4/c30-24-14-17(3-6-25(24)40-23-7-8-34-26(16-23)35-28(39)19-4-5-19)12-22(37)13-18-10-20(29(31,32)33)15-21(11-18)36-9-1-2-27(36)38/h3,6-8,10-11,14-16,19H,1-2,4-5,9,12-13H2,(H,34,35,39). The molecule has 11 heteroatoms. The molecule has 0 spiro atoms. The van der Waals surface area contributed by atoms with E-state index in [0.29, 0.717) is 18.5 Å². The molecule has 2 heterocycles. The normalized spacial score (nSPS) is 15.3. The average Bonchev–Trinajstić information content (AvgIpc) is 3.66. The zero-order chi connectivity index (χ0) is 28.4. The highest BCUT2D eigenvalue weighted by molar-refractivity contribution is 5.96. The highest BCUT2D eigenvalue weighted by atomic mass is 19.4. The summed E-state index contributed by atoms with van der Waals surface area (Å²) < 4.78 is 60.9. The molecule has 0 atom stereocenters. The number of hydrogen-bond donors (Lipinski definition) is 1. The van der Waals surface area contributed by atoms with Gasteiger partial charge in [0.05, 0.1) is 5.56 Å². The van der Waals surface area contributed by atoms with Crippen molar-refractivity contribution in [2.75, 3.05) is 16.8 Å². The van der Waals surface area contributed by atoms with Crippen LogP contribution in [0.25, 0.3) is 0 Å². The summed E-state index contributed by atoms with van der Waals surface area (Å²) in [6, 6.07) is 10.2. The van der Waals surface area contributed by atoms with Gasteiger partial charge in [0.15, 0.2) is 11.6 Å². The van der Waals surface area contributed by atoms with E-state index in [4.69, 9.17) is 4.74 Å². The molecule has 1 saturated carbocycles. The van der Waals surface area contributed by atoms with Gasteiger partial charge in [-0.25, -0.2) is 9.37 Å². The molecule has 2 aromatic carbocycles. The first kappa shape index (κ1) is 27.3. The van der Waals surface area contributed by atoms with Gasteiger partial charge in [0.25, 0.3) is 0 Å². The van der Waals surface area contributed by atoms with E-state index in [1.54, 1.807) is 0 Å². The Morgan fingerprint density at radius 3 is 2.48 bits per heavy atom. The zero-order valence-electron chi connectivity index (χ0n) is 21.3. The molecule has 1 N–H and O–H groups in total. The molecule has 2 fully saturated rings. The highest BCUT2D eigenvalue weighted by Gasteiger charge is 2.33. The Kier molecular flexibility index (Phi) is 7.55. The van der Waals surface area contributed by atoms with Crippen LogP contribution in [0, 0.1) is 11.7 Å². The van der Waals surface area contributed by atoms with E-state index in [1.165, 1.54) is 41.4 Å². The Hall–Kier alpha value is -4.28. The summed E-state index contributed by atoms with van der Waals surface area (Å²) in [5, 5.41) is 2.69. The van der Waals surface area contributed by atoms with Crippen molar-refractivity contribution < 1.29 is 36.7 Å². The molecule has 1 aliphatic heterocycles. The number of benzene rings is 2. The molecule has 5 rings (SSSR count). The molecule has 1 aromatic heterocycles. The molecular weight excluding hydrogens is 530 g/mol. The number of halogens is 4. The number of carbonyl (C=O) groups excluding carboxylic acids is 3. The third kappa shape index (κ3) is 6.64. The lowest BCUT2D eigenvalue weighted by atomic mass is 10.00. The van der Waals surface area contributed by atoms with Crippen molar-refractivity contribution in [1.29, 1.82) is 0 Å². The number of nitrogens with zero attached hydrogens (tertiary/aromatic N) is 2. The Labute approximate surface area is 227 Å². The van der Waals surface area contributed by atoms with E-state index in [9.17, 15) is 31.9 Å². The van der Waals surface area contributed by atoms with Crippen LogP contribution < -0.4 is 15.0 Å². The van der Waals surface area contributed by atoms with E-state index >= 15 is 0 Å². The Balaban J connectivity index is 1.25. The second-order valence-electron chi connectivity index (χ2n) is 9.93. The molecular formula is C29H25F4N3O4. The van der Waals surface area contributed by atoms with Gasteiger partial charge in [-0.2, -0.15) is 13.2 Å². The number of alkyl halides is 3. The van der Waals surface area contributed by atoms with Crippen LogP contribution in [0.2, 0.25) is 0 Å². The number of aromatic nitrogens is 1. The minimum atomic E-state index is -4.64. The molecule has 2 aliphatic rings. The number of amides is 2. The van der Waals surface area contributed by atoms with Crippen LogP contribution in [0.5, 0.6) is 11.5 Å². The van der Waals surface area contributed by atoms with Crippen molar-refractivity contribution in [3.63, 3.8) is 0 Å². The lowest BCUT2D eigenvalue weighted by Gasteiger charge is -2.19. The number of carbonyl (C=O) groups is 3. The number of anilines is 2. The van der Waals surface area contributed by atoms with Crippen LogP contribution in [0.1, 0.15) is 42.4 Å². The van der Waals surface area contributed by atoms with Gasteiger partial charge < -0.3 is 15.0 Å². The third-order valence-corrected chi connectivity index (χ3v) is 6.65. The first-order valence-corrected chi connectivity index (χ1v) is 12.8. The van der Waals surface area contributed by atoms with Crippen LogP contribution >= 0.6 is 0 Å². The number of pyridine rings is 1. The summed E-state index contributed by atoms with van der Waals surface area (Å²) in [6.07, 6.45) is -1.27. The van der Waals surface area contributed by atoms with E-state index in [-0.39, 0.29) is 65.6 Å². The first-order valence-electron chi connectivity index (χ1n) is 12.8. The Bertz CT molecular complexity index is 1470. The summed E-state index contributed by atoms with van der Waals surface area (Å²) in [4.78, 5) is 42.1. The summed E-state index contributed by atoms with van der Waals surface area (Å²) in [7, 11) is 0.